The van der Waals surface area contributed by atoms with Crippen LogP contribution in [0.3, 0.4) is 0 Å². The maximum atomic E-state index is 5.39. The monoisotopic (exact) mass is 358 g/mol. The Bertz CT molecular complexity index is 1030. The van der Waals surface area contributed by atoms with Gasteiger partial charge < -0.3 is 15.6 Å². The van der Waals surface area contributed by atoms with Crippen LogP contribution >= 0.6 is 12.2 Å². The van der Waals surface area contributed by atoms with Crippen molar-refractivity contribution in [2.45, 2.75) is 6.92 Å². The Morgan fingerprint density at radius 1 is 0.885 bits per heavy atom. The Balaban J connectivity index is 1.46. The quantitative estimate of drug-likeness (QED) is 0.432. The van der Waals surface area contributed by atoms with E-state index < -0.39 is 0 Å². The highest BCUT2D eigenvalue weighted by Crippen LogP contribution is 2.22. The summed E-state index contributed by atoms with van der Waals surface area (Å²) in [5, 5.41) is 6.96. The highest BCUT2D eigenvalue weighted by atomic mass is 32.1. The maximum Gasteiger partial charge on any atom is 0.175 e. The average Bonchev–Trinajstić information content (AvgIpc) is 3.06. The second-order valence-corrected chi connectivity index (χ2v) is 6.54. The highest BCUT2D eigenvalue weighted by Gasteiger charge is 2.05. The van der Waals surface area contributed by atoms with E-state index in [0.29, 0.717) is 5.11 Å². The number of nitrogens with one attached hydrogen (secondary N) is 3. The molecule has 0 aliphatic heterocycles. The first-order valence-electron chi connectivity index (χ1n) is 8.37. The van der Waals surface area contributed by atoms with Gasteiger partial charge in [-0.3, -0.25) is 0 Å². The molecule has 4 nitrogen and oxygen atoms in total. The lowest BCUT2D eigenvalue weighted by Gasteiger charge is -2.11. The number of hydrogen-bond donors (Lipinski definition) is 3. The van der Waals surface area contributed by atoms with E-state index >= 15 is 0 Å². The van der Waals surface area contributed by atoms with Crippen molar-refractivity contribution >= 4 is 39.7 Å². The molecule has 26 heavy (non-hydrogen) atoms. The first-order chi connectivity index (χ1) is 12.7. The summed E-state index contributed by atoms with van der Waals surface area (Å²) in [6.07, 6.45) is 0. The normalized spacial score (nSPS) is 10.7. The minimum atomic E-state index is 0.562. The number of fused-ring (bicyclic) bond motifs is 1. The third-order valence-electron chi connectivity index (χ3n) is 4.08. The molecule has 0 fully saturated rings. The van der Waals surface area contributed by atoms with Crippen LogP contribution in [0.25, 0.3) is 22.4 Å². The van der Waals surface area contributed by atoms with Gasteiger partial charge in [0.2, 0.25) is 0 Å². The molecule has 1 aromatic heterocycles. The number of nitrogens with zero attached hydrogens (tertiary/aromatic N) is 1. The van der Waals surface area contributed by atoms with Gasteiger partial charge in [0.25, 0.3) is 0 Å². The molecule has 0 aliphatic rings. The molecule has 0 spiro atoms. The zero-order chi connectivity index (χ0) is 17.9. The fraction of sp³-hybridized carbons (Fsp3) is 0.0476. The first-order valence-corrected chi connectivity index (χ1v) is 8.78. The molecule has 0 saturated carbocycles. The average molecular weight is 358 g/mol. The van der Waals surface area contributed by atoms with E-state index in [0.717, 1.165) is 33.8 Å². The van der Waals surface area contributed by atoms with E-state index in [1.165, 1.54) is 5.56 Å². The van der Waals surface area contributed by atoms with Crippen LogP contribution in [-0.4, -0.2) is 15.1 Å². The number of imidazole rings is 1. The van der Waals surface area contributed by atoms with Crippen molar-refractivity contribution in [2.24, 2.45) is 0 Å². The summed E-state index contributed by atoms with van der Waals surface area (Å²) in [4.78, 5) is 7.96. The Labute approximate surface area is 157 Å². The summed E-state index contributed by atoms with van der Waals surface area (Å²) in [6.45, 7) is 2.05. The molecule has 0 radical (unpaired) electrons. The van der Waals surface area contributed by atoms with Gasteiger partial charge in [-0.15, -0.1) is 0 Å². The molecule has 128 valence electrons. The summed E-state index contributed by atoms with van der Waals surface area (Å²) in [7, 11) is 0. The highest BCUT2D eigenvalue weighted by molar-refractivity contribution is 7.80. The molecule has 5 heteroatoms. The van der Waals surface area contributed by atoms with E-state index in [-0.39, 0.29) is 0 Å². The third kappa shape index (κ3) is 3.58. The van der Waals surface area contributed by atoms with Crippen LogP contribution in [0, 0.1) is 6.92 Å². The number of para-hydroxylation sites is 2. The minimum Gasteiger partial charge on any atom is -0.338 e. The molecular formula is C21H18N4S. The van der Waals surface area contributed by atoms with Crippen LogP contribution in [0.4, 0.5) is 11.4 Å². The number of aromatic amines is 1. The topological polar surface area (TPSA) is 52.7 Å². The van der Waals surface area contributed by atoms with Crippen LogP contribution in [0.5, 0.6) is 0 Å². The van der Waals surface area contributed by atoms with Gasteiger partial charge >= 0.3 is 0 Å². The first kappa shape index (κ1) is 16.3. The van der Waals surface area contributed by atoms with Crippen molar-refractivity contribution < 1.29 is 0 Å². The number of anilines is 2. The van der Waals surface area contributed by atoms with Crippen molar-refractivity contribution in [1.82, 2.24) is 9.97 Å². The Morgan fingerprint density at radius 2 is 1.65 bits per heavy atom. The van der Waals surface area contributed by atoms with Gasteiger partial charge in [0.15, 0.2) is 5.11 Å². The number of thiocarbonyl (C=S) groups is 1. The van der Waals surface area contributed by atoms with Gasteiger partial charge in [0.05, 0.1) is 11.0 Å². The summed E-state index contributed by atoms with van der Waals surface area (Å²) in [6, 6.07) is 24.1. The standard InChI is InChI=1S/C21H18N4S/c1-14-5-4-6-17(13-14)23-21(26)22-16-11-9-15(10-12-16)20-24-18-7-2-3-8-19(18)25-20/h2-13H,1H3,(H,24,25)(H2,22,23,26). The largest absolute Gasteiger partial charge is 0.338 e. The maximum absolute atomic E-state index is 5.39. The number of H-pyrrole nitrogens is 1. The van der Waals surface area contributed by atoms with Crippen LogP contribution in [-0.2, 0) is 0 Å². The van der Waals surface area contributed by atoms with Crippen molar-refractivity contribution in [3.05, 3.63) is 78.4 Å². The fourth-order valence-electron chi connectivity index (χ4n) is 2.82. The predicted molar refractivity (Wildman–Crippen MR) is 113 cm³/mol. The van der Waals surface area contributed by atoms with Gasteiger partial charge in [-0.05, 0) is 73.2 Å². The zero-order valence-electron chi connectivity index (χ0n) is 14.3. The Hall–Kier alpha value is -3.18. The van der Waals surface area contributed by atoms with E-state index in [4.69, 9.17) is 12.2 Å². The van der Waals surface area contributed by atoms with Gasteiger partial charge in [0.1, 0.15) is 5.82 Å². The third-order valence-corrected chi connectivity index (χ3v) is 4.29. The molecular weight excluding hydrogens is 340 g/mol. The van der Waals surface area contributed by atoms with Crippen LogP contribution < -0.4 is 10.6 Å². The second-order valence-electron chi connectivity index (χ2n) is 6.13. The smallest absolute Gasteiger partial charge is 0.175 e. The molecule has 0 unspecified atom stereocenters. The van der Waals surface area contributed by atoms with E-state index in [1.807, 2.05) is 60.7 Å². The molecule has 0 atom stereocenters. The lowest BCUT2D eigenvalue weighted by molar-refractivity contribution is 1.34. The second kappa shape index (κ2) is 6.98. The lowest BCUT2D eigenvalue weighted by atomic mass is 10.2. The van der Waals surface area contributed by atoms with Crippen LogP contribution in [0.2, 0.25) is 0 Å². The SMILES string of the molecule is Cc1cccc(NC(=S)Nc2ccc(-c3nc4ccccc4[nH]3)cc2)c1. The molecule has 1 heterocycles. The van der Waals surface area contributed by atoms with Crippen molar-refractivity contribution in [2.75, 3.05) is 10.6 Å². The van der Waals surface area contributed by atoms with Gasteiger partial charge in [-0.1, -0.05) is 24.3 Å². The molecule has 0 saturated heterocycles. The van der Waals surface area contributed by atoms with Crippen molar-refractivity contribution in [3.63, 3.8) is 0 Å². The predicted octanol–water partition coefficient (Wildman–Crippen LogP) is 5.35. The number of rotatable bonds is 3. The van der Waals surface area contributed by atoms with Gasteiger partial charge in [-0.2, -0.15) is 0 Å². The lowest BCUT2D eigenvalue weighted by Crippen LogP contribution is -2.18. The minimum absolute atomic E-state index is 0.562. The van der Waals surface area contributed by atoms with Gasteiger partial charge in [-0.25, -0.2) is 4.98 Å². The van der Waals surface area contributed by atoms with Gasteiger partial charge in [0, 0.05) is 16.9 Å². The fourth-order valence-corrected chi connectivity index (χ4v) is 3.05. The van der Waals surface area contributed by atoms with Crippen molar-refractivity contribution in [1.29, 1.82) is 0 Å². The number of aryl methyl sites for hydroxylation is 1. The Kier molecular flexibility index (Phi) is 4.37. The number of aromatic nitrogens is 2. The molecule has 3 aromatic carbocycles. The van der Waals surface area contributed by atoms with E-state index in [9.17, 15) is 0 Å². The van der Waals surface area contributed by atoms with Crippen LogP contribution in [0.1, 0.15) is 5.56 Å². The zero-order valence-corrected chi connectivity index (χ0v) is 15.1. The summed E-state index contributed by atoms with van der Waals surface area (Å²) in [5.74, 6) is 0.859. The molecule has 4 rings (SSSR count). The summed E-state index contributed by atoms with van der Waals surface area (Å²) < 4.78 is 0. The molecule has 0 bridgehead atoms. The Morgan fingerprint density at radius 3 is 2.42 bits per heavy atom. The molecule has 4 aromatic rings. The van der Waals surface area contributed by atoms with E-state index in [2.05, 4.69) is 39.7 Å². The van der Waals surface area contributed by atoms with E-state index in [1.54, 1.807) is 0 Å². The molecule has 0 amide bonds. The molecule has 3 N–H and O–H groups in total. The number of benzene rings is 3. The molecule has 0 aliphatic carbocycles. The van der Waals surface area contributed by atoms with Crippen molar-refractivity contribution in [3.8, 4) is 11.4 Å². The van der Waals surface area contributed by atoms with Crippen LogP contribution in [0.15, 0.2) is 72.8 Å². The number of hydrogen-bond acceptors (Lipinski definition) is 2. The summed E-state index contributed by atoms with van der Waals surface area (Å²) in [5.41, 5.74) is 6.12. The summed E-state index contributed by atoms with van der Waals surface area (Å²) >= 11 is 5.39.